The fourth-order valence-electron chi connectivity index (χ4n) is 2.29. The molecule has 0 heterocycles. The minimum absolute atomic E-state index is 0. The molecule has 2 rings (SSSR count). The minimum atomic E-state index is -0.862. The van der Waals surface area contributed by atoms with E-state index in [4.69, 9.17) is 0 Å². The molecular weight excluding hydrogens is 522 g/mol. The molecule has 23 heavy (non-hydrogen) atoms. The molecule has 0 saturated heterocycles. The predicted molar refractivity (Wildman–Crippen MR) is 98.2 cm³/mol. The normalized spacial score (nSPS) is 10.3. The van der Waals surface area contributed by atoms with Gasteiger partial charge in [-0.05, 0) is 0 Å². The van der Waals surface area contributed by atoms with Crippen molar-refractivity contribution in [3.63, 3.8) is 0 Å². The number of rotatable bonds is 4. The number of hydrogen-bond donors (Lipinski definition) is 0. The van der Waals surface area contributed by atoms with Crippen LogP contribution in [0.5, 0.6) is 0 Å². The van der Waals surface area contributed by atoms with Crippen LogP contribution in [0.4, 0.5) is 0 Å². The van der Waals surface area contributed by atoms with Gasteiger partial charge < -0.3 is 24.8 Å². The van der Waals surface area contributed by atoms with Gasteiger partial charge in [-0.1, -0.05) is 51.4 Å². The van der Waals surface area contributed by atoms with Crippen molar-refractivity contribution >= 4 is 16.1 Å². The zero-order valence-electron chi connectivity index (χ0n) is 15.3. The second-order valence-electron chi connectivity index (χ2n) is 8.06. The fraction of sp³-hybridized carbons (Fsp3) is 0.444. The van der Waals surface area contributed by atoms with Crippen LogP contribution in [-0.2, 0) is 37.9 Å². The molecule has 2 aromatic rings. The van der Waals surface area contributed by atoms with Crippen molar-refractivity contribution in [1.29, 1.82) is 0 Å². The molecule has 0 saturated carbocycles. The molecule has 0 spiro atoms. The summed E-state index contributed by atoms with van der Waals surface area (Å²) < 4.78 is 0. The van der Waals surface area contributed by atoms with E-state index in [1.807, 2.05) is 0 Å². The van der Waals surface area contributed by atoms with E-state index in [2.05, 4.69) is 87.8 Å². The van der Waals surface area contributed by atoms with Crippen molar-refractivity contribution in [2.45, 2.75) is 51.4 Å². The van der Waals surface area contributed by atoms with Gasteiger partial charge in [0.1, 0.15) is 0 Å². The van der Waals surface area contributed by atoms with E-state index in [1.54, 1.807) is 0 Å². The molecule has 0 bridgehead atoms. The third-order valence-corrected chi connectivity index (χ3v) is 5.87. The molecule has 0 N–H and O–H groups in total. The largest absolute Gasteiger partial charge is 4.00 e. The average Bonchev–Trinajstić information content (AvgIpc) is 2.87. The van der Waals surface area contributed by atoms with Crippen LogP contribution < -0.4 is 24.8 Å². The first-order chi connectivity index (χ1) is 9.16. The van der Waals surface area contributed by atoms with E-state index in [9.17, 15) is 0 Å². The van der Waals surface area contributed by atoms with Crippen molar-refractivity contribution in [3.05, 3.63) is 59.7 Å². The van der Waals surface area contributed by atoms with Crippen molar-refractivity contribution < 1.29 is 50.7 Å². The van der Waals surface area contributed by atoms with E-state index in [1.165, 1.54) is 23.2 Å². The quantitative estimate of drug-likeness (QED) is 0.360. The van der Waals surface area contributed by atoms with Gasteiger partial charge in [0.15, 0.2) is 0 Å². The molecule has 2 aromatic carbocycles. The Morgan fingerprint density at radius 3 is 1.17 bits per heavy atom. The first-order valence-corrected chi connectivity index (χ1v) is 15.0. The van der Waals surface area contributed by atoms with Crippen molar-refractivity contribution in [2.24, 2.45) is 0 Å². The Bertz CT molecular complexity index is 420. The van der Waals surface area contributed by atoms with Gasteiger partial charge in [-0.2, -0.15) is 35.4 Å². The van der Waals surface area contributed by atoms with E-state index < -0.39 is 16.1 Å². The Labute approximate surface area is 176 Å². The van der Waals surface area contributed by atoms with Gasteiger partial charge in [-0.15, -0.1) is 0 Å². The summed E-state index contributed by atoms with van der Waals surface area (Å²) in [5.41, 5.74) is 3.03. The monoisotopic (exact) mass is 552 g/mol. The van der Waals surface area contributed by atoms with E-state index in [-0.39, 0.29) is 50.7 Å². The van der Waals surface area contributed by atoms with Crippen molar-refractivity contribution in [2.75, 3.05) is 0 Å². The van der Waals surface area contributed by atoms with Crippen molar-refractivity contribution in [3.8, 4) is 0 Å². The van der Waals surface area contributed by atoms with Crippen molar-refractivity contribution in [1.82, 2.24) is 0 Å². The summed E-state index contributed by atoms with van der Waals surface area (Å²) in [7, 11) is -1.72. The summed E-state index contributed by atoms with van der Waals surface area (Å²) in [4.78, 5) is 0. The Morgan fingerprint density at radius 1 is 0.696 bits per heavy atom. The predicted octanol–water partition coefficient (Wildman–Crippen LogP) is -0.344. The minimum Gasteiger partial charge on any atom is -1.00 e. The Hall–Kier alpha value is 0.584. The molecule has 0 atom stereocenters. The number of hydrogen-bond acceptors (Lipinski definition) is 0. The molecule has 0 aliphatic heterocycles. The van der Waals surface area contributed by atoms with E-state index in [0.29, 0.717) is 0 Å². The summed E-state index contributed by atoms with van der Waals surface area (Å²) in [6.45, 7) is 14.4. The van der Waals surface area contributed by atoms with Crippen LogP contribution in [0, 0.1) is 0 Å². The van der Waals surface area contributed by atoms with Crippen LogP contribution in [0.1, 0.15) is 11.1 Å². The maximum atomic E-state index is 2.40. The third-order valence-electron chi connectivity index (χ3n) is 2.93. The molecule has 128 valence electrons. The van der Waals surface area contributed by atoms with Crippen LogP contribution in [-0.4, -0.2) is 16.1 Å². The molecule has 0 aromatic heterocycles. The van der Waals surface area contributed by atoms with Crippen LogP contribution in [0.3, 0.4) is 0 Å². The second kappa shape index (κ2) is 12.9. The van der Waals surface area contributed by atoms with Gasteiger partial charge in [0.05, 0.1) is 0 Å². The third kappa shape index (κ3) is 15.8. The van der Waals surface area contributed by atoms with Crippen LogP contribution in [0.25, 0.3) is 0 Å². The molecular formula is C18H30Cl2HfSi2. The zero-order valence-corrected chi connectivity index (χ0v) is 22.4. The second-order valence-corrected chi connectivity index (χ2v) is 19.0. The van der Waals surface area contributed by atoms with Gasteiger partial charge in [0.2, 0.25) is 0 Å². The average molecular weight is 552 g/mol. The summed E-state index contributed by atoms with van der Waals surface area (Å²) in [5, 5.41) is 0. The van der Waals surface area contributed by atoms with Gasteiger partial charge in [0.25, 0.3) is 0 Å². The number of halogens is 2. The summed E-state index contributed by atoms with van der Waals surface area (Å²) >= 11 is 0. The summed E-state index contributed by atoms with van der Waals surface area (Å²) in [6, 6.07) is 20.0. The molecule has 0 fully saturated rings. The summed E-state index contributed by atoms with van der Waals surface area (Å²) in [6.07, 6.45) is 0. The van der Waals surface area contributed by atoms with Gasteiger partial charge in [0, 0.05) is 16.1 Å². The first-order valence-electron chi connectivity index (χ1n) is 7.57. The van der Waals surface area contributed by atoms with Gasteiger partial charge in [-0.25, -0.2) is 24.3 Å². The van der Waals surface area contributed by atoms with Crippen LogP contribution >= 0.6 is 0 Å². The van der Waals surface area contributed by atoms with Gasteiger partial charge >= 0.3 is 25.8 Å². The van der Waals surface area contributed by atoms with Crippen LogP contribution in [0.2, 0.25) is 39.3 Å². The van der Waals surface area contributed by atoms with E-state index in [0.717, 1.165) is 0 Å². The maximum absolute atomic E-state index is 2.40. The molecule has 5 heteroatoms. The zero-order chi connectivity index (χ0) is 15.2. The maximum Gasteiger partial charge on any atom is 4.00 e. The van der Waals surface area contributed by atoms with Gasteiger partial charge in [-0.3, -0.25) is 0 Å². The Kier molecular flexibility index (Phi) is 15.9. The molecule has 0 amide bonds. The SMILES string of the molecule is C[Si](C)(C)Cc1ccc[cH-]1.C[Si](C)(C)Cc1ccc[cH-]1.[Cl-].[Cl-].[Hf+4]. The fourth-order valence-corrected chi connectivity index (χ4v) is 5.21. The molecule has 0 aliphatic carbocycles. The smallest absolute Gasteiger partial charge is 1.00 e. The van der Waals surface area contributed by atoms with Crippen LogP contribution in [0.15, 0.2) is 48.5 Å². The standard InChI is InChI=1S/2C9H15Si.2ClH.Hf/c2*1-10(2,3)8-9-6-4-5-7-9;;;/h2*4-7H,8H2,1-3H3;2*1H;/q2*-1;;;+4/p-2. The van der Waals surface area contributed by atoms with E-state index >= 15 is 0 Å². The molecule has 0 unspecified atom stereocenters. The molecule has 0 nitrogen and oxygen atoms in total. The molecule has 0 aliphatic rings. The Morgan fingerprint density at radius 2 is 1.00 bits per heavy atom. The Balaban J connectivity index is -0.000000308. The molecule has 0 radical (unpaired) electrons. The topological polar surface area (TPSA) is 0 Å². The summed E-state index contributed by atoms with van der Waals surface area (Å²) in [5.74, 6) is 0. The first kappa shape index (κ1) is 28.4.